The van der Waals surface area contributed by atoms with Crippen LogP contribution >= 0.6 is 0 Å². The molecule has 8 nitrogen and oxygen atoms in total. The van der Waals surface area contributed by atoms with E-state index in [-0.39, 0.29) is 24.8 Å². The lowest BCUT2D eigenvalue weighted by Gasteiger charge is -2.31. The van der Waals surface area contributed by atoms with Crippen LogP contribution in [0.4, 0.5) is 0 Å². The van der Waals surface area contributed by atoms with E-state index >= 15 is 0 Å². The lowest BCUT2D eigenvalue weighted by atomic mass is 9.85. The van der Waals surface area contributed by atoms with Gasteiger partial charge in [-0.15, -0.1) is 0 Å². The molecule has 2 aromatic carbocycles. The molecule has 4 N–H and O–H groups in total. The summed E-state index contributed by atoms with van der Waals surface area (Å²) >= 11 is 0. The summed E-state index contributed by atoms with van der Waals surface area (Å²) in [6.07, 6.45) is 0.232. The summed E-state index contributed by atoms with van der Waals surface area (Å²) in [6, 6.07) is 16.1. The number of benzene rings is 2. The summed E-state index contributed by atoms with van der Waals surface area (Å²) in [4.78, 5) is 50.3. The van der Waals surface area contributed by atoms with Crippen molar-refractivity contribution in [2.45, 2.75) is 39.3 Å². The number of nitrogens with one attached hydrogen (secondary N) is 4. The van der Waals surface area contributed by atoms with E-state index in [1.807, 2.05) is 51.1 Å². The van der Waals surface area contributed by atoms with Gasteiger partial charge in [0.25, 0.3) is 5.91 Å². The zero-order chi connectivity index (χ0) is 24.4. The van der Waals surface area contributed by atoms with Gasteiger partial charge in [0.2, 0.25) is 17.7 Å². The molecule has 4 amide bonds. The molecule has 33 heavy (non-hydrogen) atoms. The lowest BCUT2D eigenvalue weighted by Crippen LogP contribution is -2.58. The molecule has 0 aliphatic rings. The summed E-state index contributed by atoms with van der Waals surface area (Å²) in [5.41, 5.74) is 0.738. The largest absolute Gasteiger partial charge is 0.357 e. The van der Waals surface area contributed by atoms with Gasteiger partial charge < -0.3 is 21.3 Å². The first kappa shape index (κ1) is 25.6. The fourth-order valence-corrected chi connectivity index (χ4v) is 3.22. The molecule has 0 saturated carbocycles. The van der Waals surface area contributed by atoms with E-state index in [9.17, 15) is 19.2 Å². The second-order valence-corrected chi connectivity index (χ2v) is 8.78. The number of amides is 4. The summed E-state index contributed by atoms with van der Waals surface area (Å²) in [5, 5.41) is 10.6. The average molecular weight is 453 g/mol. The van der Waals surface area contributed by atoms with E-state index in [2.05, 4.69) is 21.3 Å². The number of rotatable bonds is 9. The molecule has 0 heterocycles. The van der Waals surface area contributed by atoms with Gasteiger partial charge in [-0.25, -0.2) is 0 Å². The first-order valence-electron chi connectivity index (χ1n) is 10.8. The Morgan fingerprint density at radius 3 is 1.94 bits per heavy atom. The Balaban J connectivity index is 2.10. The predicted octanol–water partition coefficient (Wildman–Crippen LogP) is 1.42. The minimum absolute atomic E-state index is 0.232. The first-order chi connectivity index (χ1) is 15.6. The Labute approximate surface area is 194 Å². The van der Waals surface area contributed by atoms with E-state index in [1.54, 1.807) is 30.3 Å². The molecular formula is C25H32N4O4. The minimum atomic E-state index is -0.928. The molecule has 8 heteroatoms. The molecule has 0 aliphatic heterocycles. The molecule has 0 aliphatic carbocycles. The Morgan fingerprint density at radius 2 is 1.39 bits per heavy atom. The number of carbonyl (C=O) groups excluding carboxylic acids is 4. The molecule has 1 unspecified atom stereocenters. The van der Waals surface area contributed by atoms with Gasteiger partial charge in [0.05, 0.1) is 6.54 Å². The Bertz CT molecular complexity index is 955. The Hall–Kier alpha value is -3.68. The van der Waals surface area contributed by atoms with Crippen molar-refractivity contribution in [2.24, 2.45) is 5.41 Å². The van der Waals surface area contributed by atoms with Gasteiger partial charge in [0, 0.05) is 19.0 Å². The summed E-state index contributed by atoms with van der Waals surface area (Å²) in [7, 11) is 1.51. The number of likely N-dealkylation sites (N-methyl/N-ethyl adjacent to an activating group) is 1. The third-order valence-corrected chi connectivity index (χ3v) is 5.04. The van der Waals surface area contributed by atoms with Crippen LogP contribution in [0.2, 0.25) is 0 Å². The Morgan fingerprint density at radius 1 is 0.818 bits per heavy atom. The highest BCUT2D eigenvalue weighted by Crippen LogP contribution is 2.19. The number of hydrogen-bond acceptors (Lipinski definition) is 4. The smallest absolute Gasteiger partial charge is 0.251 e. The highest BCUT2D eigenvalue weighted by Gasteiger charge is 2.34. The summed E-state index contributed by atoms with van der Waals surface area (Å²) in [6.45, 7) is 5.25. The van der Waals surface area contributed by atoms with Crippen LogP contribution in [0.15, 0.2) is 60.7 Å². The standard InChI is InChI=1S/C25H32N4O4/c1-25(2,3)21(24(33)26-4)29-23(32)19(15-17-11-7-5-8-12-17)28-20(30)16-27-22(31)18-13-9-6-10-14-18/h5-14,19,21H,15-16H2,1-4H3,(H,26,33)(H,27,31)(H,28,30)(H,29,32)/t19?,21-/m1/s1. The maximum Gasteiger partial charge on any atom is 0.251 e. The van der Waals surface area contributed by atoms with Crippen molar-refractivity contribution >= 4 is 23.6 Å². The fourth-order valence-electron chi connectivity index (χ4n) is 3.22. The van der Waals surface area contributed by atoms with Gasteiger partial charge >= 0.3 is 0 Å². The molecule has 2 rings (SSSR count). The van der Waals surface area contributed by atoms with Crippen molar-refractivity contribution in [2.75, 3.05) is 13.6 Å². The van der Waals surface area contributed by atoms with Crippen molar-refractivity contribution in [1.29, 1.82) is 0 Å². The molecule has 0 spiro atoms. The van der Waals surface area contributed by atoms with Crippen molar-refractivity contribution in [3.05, 3.63) is 71.8 Å². The van der Waals surface area contributed by atoms with Crippen LogP contribution < -0.4 is 21.3 Å². The minimum Gasteiger partial charge on any atom is -0.357 e. The monoisotopic (exact) mass is 452 g/mol. The summed E-state index contributed by atoms with van der Waals surface area (Å²) in [5.74, 6) is -1.70. The van der Waals surface area contributed by atoms with Crippen molar-refractivity contribution in [3.8, 4) is 0 Å². The van der Waals surface area contributed by atoms with Crippen LogP contribution in [-0.4, -0.2) is 49.3 Å². The van der Waals surface area contributed by atoms with Gasteiger partial charge in [-0.05, 0) is 23.1 Å². The second-order valence-electron chi connectivity index (χ2n) is 8.78. The van der Waals surface area contributed by atoms with Gasteiger partial charge in [0.1, 0.15) is 12.1 Å². The third-order valence-electron chi connectivity index (χ3n) is 5.04. The molecule has 0 bridgehead atoms. The SMILES string of the molecule is CNC(=O)[C@@H](NC(=O)C(Cc1ccccc1)NC(=O)CNC(=O)c1ccccc1)C(C)(C)C. The topological polar surface area (TPSA) is 116 Å². The molecule has 176 valence electrons. The number of hydrogen-bond donors (Lipinski definition) is 4. The van der Waals surface area contributed by atoms with Crippen LogP contribution in [0.5, 0.6) is 0 Å². The predicted molar refractivity (Wildman–Crippen MR) is 126 cm³/mol. The molecular weight excluding hydrogens is 420 g/mol. The fraction of sp³-hybridized carbons (Fsp3) is 0.360. The molecule has 2 aromatic rings. The van der Waals surface area contributed by atoms with E-state index in [1.165, 1.54) is 7.05 Å². The maximum absolute atomic E-state index is 13.1. The van der Waals surface area contributed by atoms with Crippen LogP contribution in [0.3, 0.4) is 0 Å². The normalized spacial score (nSPS) is 12.7. The molecule has 0 aromatic heterocycles. The lowest BCUT2D eigenvalue weighted by molar-refractivity contribution is -0.133. The van der Waals surface area contributed by atoms with E-state index in [0.717, 1.165) is 5.56 Å². The zero-order valence-electron chi connectivity index (χ0n) is 19.5. The van der Waals surface area contributed by atoms with Crippen LogP contribution in [0, 0.1) is 5.41 Å². The molecule has 2 atom stereocenters. The van der Waals surface area contributed by atoms with Crippen molar-refractivity contribution in [1.82, 2.24) is 21.3 Å². The van der Waals surface area contributed by atoms with E-state index in [0.29, 0.717) is 5.56 Å². The van der Waals surface area contributed by atoms with Crippen LogP contribution in [0.25, 0.3) is 0 Å². The first-order valence-corrected chi connectivity index (χ1v) is 10.8. The van der Waals surface area contributed by atoms with Gasteiger partial charge in [-0.3, -0.25) is 19.2 Å². The maximum atomic E-state index is 13.1. The molecule has 0 saturated heterocycles. The molecule has 0 fully saturated rings. The zero-order valence-corrected chi connectivity index (χ0v) is 19.5. The van der Waals surface area contributed by atoms with Gasteiger partial charge in [0.15, 0.2) is 0 Å². The van der Waals surface area contributed by atoms with Crippen LogP contribution in [0.1, 0.15) is 36.7 Å². The van der Waals surface area contributed by atoms with E-state index in [4.69, 9.17) is 0 Å². The highest BCUT2D eigenvalue weighted by molar-refractivity contribution is 5.97. The van der Waals surface area contributed by atoms with Crippen molar-refractivity contribution in [3.63, 3.8) is 0 Å². The third kappa shape index (κ3) is 8.07. The van der Waals surface area contributed by atoms with Crippen LogP contribution in [-0.2, 0) is 20.8 Å². The highest BCUT2D eigenvalue weighted by atomic mass is 16.2. The van der Waals surface area contributed by atoms with Gasteiger partial charge in [-0.2, -0.15) is 0 Å². The van der Waals surface area contributed by atoms with Crippen molar-refractivity contribution < 1.29 is 19.2 Å². The van der Waals surface area contributed by atoms with E-state index < -0.39 is 29.3 Å². The Kier molecular flexibility index (Phi) is 9.15. The number of carbonyl (C=O) groups is 4. The second kappa shape index (κ2) is 11.8. The average Bonchev–Trinajstić information content (AvgIpc) is 2.80. The molecule has 0 radical (unpaired) electrons. The summed E-state index contributed by atoms with van der Waals surface area (Å²) < 4.78 is 0. The van der Waals surface area contributed by atoms with Gasteiger partial charge in [-0.1, -0.05) is 69.3 Å². The quantitative estimate of drug-likeness (QED) is 0.460.